The molecule has 0 spiro atoms. The summed E-state index contributed by atoms with van der Waals surface area (Å²) in [6.45, 7) is 5.48. The summed E-state index contributed by atoms with van der Waals surface area (Å²) in [5.74, 6) is -0.598. The predicted molar refractivity (Wildman–Crippen MR) is 155 cm³/mol. The average Bonchev–Trinajstić information content (AvgIpc) is 3.51. The highest BCUT2D eigenvalue weighted by atomic mass is 35.5. The number of halogens is 3. The summed E-state index contributed by atoms with van der Waals surface area (Å²) in [7, 11) is 0. The van der Waals surface area contributed by atoms with Gasteiger partial charge in [-0.25, -0.2) is 13.8 Å². The Morgan fingerprint density at radius 1 is 1.09 bits per heavy atom. The number of carbonyl (C=O) groups excluding carboxylic acids is 1. The zero-order valence-electron chi connectivity index (χ0n) is 24.2. The number of rotatable bonds is 9. The van der Waals surface area contributed by atoms with E-state index in [9.17, 15) is 23.8 Å². The van der Waals surface area contributed by atoms with E-state index in [1.165, 1.54) is 6.07 Å². The Balaban J connectivity index is 1.10. The molecule has 228 valence electrons. The second-order valence-electron chi connectivity index (χ2n) is 13.0. The van der Waals surface area contributed by atoms with Crippen LogP contribution in [-0.2, 0) is 22.6 Å². The van der Waals surface area contributed by atoms with Crippen LogP contribution in [0.2, 0.25) is 5.02 Å². The molecule has 2 N–H and O–H groups in total. The molecular weight excluding hydrogens is 580 g/mol. The van der Waals surface area contributed by atoms with Crippen LogP contribution in [0.15, 0.2) is 42.6 Å². The fourth-order valence-electron chi connectivity index (χ4n) is 6.38. The molecule has 3 aliphatic carbocycles. The molecule has 1 aromatic heterocycles. The van der Waals surface area contributed by atoms with Crippen molar-refractivity contribution >= 4 is 17.6 Å². The lowest BCUT2D eigenvalue weighted by molar-refractivity contribution is -0.157. The predicted octanol–water partition coefficient (Wildman–Crippen LogP) is 6.00. The van der Waals surface area contributed by atoms with Crippen molar-refractivity contribution < 1.29 is 38.0 Å². The fourth-order valence-corrected chi connectivity index (χ4v) is 6.65. The molecule has 0 aliphatic heterocycles. The Kier molecular flexibility index (Phi) is 7.63. The van der Waals surface area contributed by atoms with Crippen molar-refractivity contribution in [2.45, 2.75) is 63.8 Å². The molecule has 0 radical (unpaired) electrons. The van der Waals surface area contributed by atoms with Crippen molar-refractivity contribution in [1.29, 1.82) is 0 Å². The molecule has 2 fully saturated rings. The lowest BCUT2D eigenvalue weighted by Gasteiger charge is -2.42. The van der Waals surface area contributed by atoms with E-state index < -0.39 is 22.8 Å². The number of nitrogens with zero attached hydrogens (tertiary/aromatic N) is 1. The highest BCUT2D eigenvalue weighted by molar-refractivity contribution is 6.33. The minimum atomic E-state index is -1.03. The summed E-state index contributed by atoms with van der Waals surface area (Å²) in [5.41, 5.74) is 1.16. The van der Waals surface area contributed by atoms with Crippen LogP contribution >= 0.6 is 11.6 Å². The number of aliphatic hydroxyl groups is 2. The first kappa shape index (κ1) is 29.8. The minimum Gasteiger partial charge on any atom is -0.493 e. The summed E-state index contributed by atoms with van der Waals surface area (Å²) in [4.78, 5) is 16.9. The monoisotopic (exact) mass is 613 g/mol. The number of esters is 1. The molecule has 7 nitrogen and oxygen atoms in total. The van der Waals surface area contributed by atoms with Gasteiger partial charge in [-0.2, -0.15) is 0 Å². The summed E-state index contributed by atoms with van der Waals surface area (Å²) in [6, 6.07) is 8.85. The topological polar surface area (TPSA) is 98.1 Å². The first-order valence-electron chi connectivity index (χ1n) is 14.4. The van der Waals surface area contributed by atoms with Crippen molar-refractivity contribution in [1.82, 2.24) is 4.98 Å². The van der Waals surface area contributed by atoms with E-state index in [2.05, 4.69) is 4.98 Å². The van der Waals surface area contributed by atoms with Crippen LogP contribution < -0.4 is 9.47 Å². The number of ether oxygens (including phenoxy) is 3. The summed E-state index contributed by atoms with van der Waals surface area (Å²) < 4.78 is 46.8. The first-order valence-corrected chi connectivity index (χ1v) is 14.8. The van der Waals surface area contributed by atoms with Gasteiger partial charge in [0.1, 0.15) is 29.6 Å². The van der Waals surface area contributed by atoms with Gasteiger partial charge in [0.2, 0.25) is 5.88 Å². The third-order valence-electron chi connectivity index (χ3n) is 8.52. The SMILES string of the molecule is CC(C)(C)OC(=O)[C@H]1[C@@H]2Cc3cc(OCc4cc(-c5ccc(OC[C@H]6C[C@](O)(CO)C6)cc5Cl)c(F)cc4F)ncc3[C@@H]21. The Bertz CT molecular complexity index is 1570. The molecule has 0 saturated heterocycles. The van der Waals surface area contributed by atoms with Gasteiger partial charge in [-0.05, 0) is 87.3 Å². The smallest absolute Gasteiger partial charge is 0.310 e. The lowest BCUT2D eigenvalue weighted by atomic mass is 9.72. The van der Waals surface area contributed by atoms with Crippen LogP contribution in [0.1, 0.15) is 56.2 Å². The highest BCUT2D eigenvalue weighted by Crippen LogP contribution is 2.62. The Hall–Kier alpha value is -3.27. The molecule has 1 heterocycles. The number of fused-ring (bicyclic) bond motifs is 3. The normalized spacial score (nSPS) is 25.4. The fraction of sp³-hybridized carbons (Fsp3) is 0.455. The quantitative estimate of drug-likeness (QED) is 0.286. The Labute approximate surface area is 253 Å². The van der Waals surface area contributed by atoms with E-state index in [0.717, 1.165) is 23.6 Å². The number of carbonyl (C=O) groups is 1. The second kappa shape index (κ2) is 11.0. The van der Waals surface area contributed by atoms with Gasteiger partial charge in [0.15, 0.2) is 0 Å². The molecular formula is C33H34ClF2NO6. The minimum absolute atomic E-state index is 0.106. The van der Waals surface area contributed by atoms with Crippen molar-refractivity contribution in [3.05, 3.63) is 75.9 Å². The van der Waals surface area contributed by atoms with Gasteiger partial charge < -0.3 is 24.4 Å². The molecule has 3 aromatic rings. The summed E-state index contributed by atoms with van der Waals surface area (Å²) >= 11 is 6.48. The van der Waals surface area contributed by atoms with E-state index in [4.69, 9.17) is 25.8 Å². The Morgan fingerprint density at radius 3 is 2.56 bits per heavy atom. The van der Waals surface area contributed by atoms with Gasteiger partial charge in [0.05, 0.1) is 29.8 Å². The molecule has 2 saturated carbocycles. The summed E-state index contributed by atoms with van der Waals surface area (Å²) in [6.07, 6.45) is 3.35. The van der Waals surface area contributed by atoms with E-state index in [0.29, 0.717) is 36.6 Å². The zero-order chi connectivity index (χ0) is 30.7. The molecule has 43 heavy (non-hydrogen) atoms. The van der Waals surface area contributed by atoms with E-state index in [1.54, 1.807) is 24.4 Å². The van der Waals surface area contributed by atoms with E-state index >= 15 is 0 Å². The van der Waals surface area contributed by atoms with Crippen molar-refractivity contribution in [2.75, 3.05) is 13.2 Å². The van der Waals surface area contributed by atoms with Crippen LogP contribution in [-0.4, -0.2) is 45.6 Å². The molecule has 10 heteroatoms. The number of hydrogen-bond acceptors (Lipinski definition) is 7. The molecule has 0 unspecified atom stereocenters. The third-order valence-corrected chi connectivity index (χ3v) is 8.83. The van der Waals surface area contributed by atoms with Crippen LogP contribution in [0.5, 0.6) is 11.6 Å². The largest absolute Gasteiger partial charge is 0.493 e. The van der Waals surface area contributed by atoms with Crippen molar-refractivity contribution in [3.8, 4) is 22.8 Å². The standard InChI is InChI=1S/C33H34ClF2NO6/c1-32(2,3)43-31(39)30-23-6-18-8-28(37-13-24(18)29(23)30)42-15-19-7-22(27(36)10-26(19)35)21-5-4-20(9-25(21)34)41-14-17-11-33(40,12-17)16-38/h4-5,7-10,13,17,23,29-30,38,40H,6,11-12,14-16H2,1-3H3/t17-,23-,29-,30+,33+/m1/s1. The average molecular weight is 614 g/mol. The zero-order valence-corrected chi connectivity index (χ0v) is 25.0. The van der Waals surface area contributed by atoms with Gasteiger partial charge in [0.25, 0.3) is 0 Å². The van der Waals surface area contributed by atoms with E-state index in [1.807, 2.05) is 26.8 Å². The molecule has 6 rings (SSSR count). The first-order chi connectivity index (χ1) is 20.3. The van der Waals surface area contributed by atoms with Crippen LogP contribution in [0.3, 0.4) is 0 Å². The number of benzene rings is 2. The number of aromatic nitrogens is 1. The van der Waals surface area contributed by atoms with Gasteiger partial charge in [-0.3, -0.25) is 4.79 Å². The number of hydrogen-bond donors (Lipinski definition) is 2. The van der Waals surface area contributed by atoms with Crippen LogP contribution in [0.25, 0.3) is 11.1 Å². The maximum atomic E-state index is 14.9. The Morgan fingerprint density at radius 2 is 1.86 bits per heavy atom. The summed E-state index contributed by atoms with van der Waals surface area (Å²) in [5, 5.41) is 19.4. The van der Waals surface area contributed by atoms with Crippen molar-refractivity contribution in [3.63, 3.8) is 0 Å². The van der Waals surface area contributed by atoms with Crippen molar-refractivity contribution in [2.24, 2.45) is 17.8 Å². The lowest BCUT2D eigenvalue weighted by Crippen LogP contribution is -2.48. The van der Waals surface area contributed by atoms with Gasteiger partial charge in [-0.15, -0.1) is 0 Å². The molecule has 0 amide bonds. The highest BCUT2D eigenvalue weighted by Gasteiger charge is 2.61. The maximum absolute atomic E-state index is 14.9. The van der Waals surface area contributed by atoms with Gasteiger partial charge in [-0.1, -0.05) is 11.6 Å². The number of aliphatic hydroxyl groups excluding tert-OH is 1. The number of pyridine rings is 1. The van der Waals surface area contributed by atoms with Gasteiger partial charge >= 0.3 is 5.97 Å². The van der Waals surface area contributed by atoms with Crippen LogP contribution in [0, 0.1) is 29.4 Å². The molecule has 3 aliphatic rings. The molecule has 3 atom stereocenters. The van der Waals surface area contributed by atoms with E-state index in [-0.39, 0.29) is 59.0 Å². The third kappa shape index (κ3) is 6.08. The molecule has 0 bridgehead atoms. The molecule has 2 aromatic carbocycles. The van der Waals surface area contributed by atoms with Crippen LogP contribution in [0.4, 0.5) is 8.78 Å². The maximum Gasteiger partial charge on any atom is 0.310 e. The second-order valence-corrected chi connectivity index (χ2v) is 13.4. The van der Waals surface area contributed by atoms with Gasteiger partial charge in [0, 0.05) is 40.9 Å².